The normalized spacial score (nSPS) is 20.7. The monoisotopic (exact) mass is 355 g/mol. The van der Waals surface area contributed by atoms with Gasteiger partial charge in [0, 0.05) is 24.2 Å². The molecule has 0 aliphatic carbocycles. The van der Waals surface area contributed by atoms with E-state index in [0.29, 0.717) is 5.13 Å². The third-order valence-electron chi connectivity index (χ3n) is 3.69. The molecule has 0 fully saturated rings. The van der Waals surface area contributed by atoms with Crippen LogP contribution in [0.15, 0.2) is 16.0 Å². The van der Waals surface area contributed by atoms with E-state index in [1.165, 1.54) is 36.5 Å². The topological polar surface area (TPSA) is 106 Å². The number of nitrogens with zero attached hydrogens (tertiary/aromatic N) is 3. The van der Waals surface area contributed by atoms with Crippen LogP contribution in [-0.2, 0) is 11.2 Å². The minimum absolute atomic E-state index is 0.00778. The van der Waals surface area contributed by atoms with E-state index in [2.05, 4.69) is 4.98 Å². The fourth-order valence-corrected chi connectivity index (χ4v) is 3.49. The summed E-state index contributed by atoms with van der Waals surface area (Å²) in [7, 11) is 2.91. The summed E-state index contributed by atoms with van der Waals surface area (Å²) in [6.45, 7) is 0. The zero-order chi connectivity index (χ0) is 16.9. The zero-order valence-corrected chi connectivity index (χ0v) is 13.8. The Balaban J connectivity index is 2.25. The smallest absolute Gasteiger partial charge is 0.427 e. The molecule has 3 heterocycles. The van der Waals surface area contributed by atoms with Crippen molar-refractivity contribution >= 4 is 51.8 Å². The molecule has 120 valence electrons. The van der Waals surface area contributed by atoms with Crippen molar-refractivity contribution in [1.29, 1.82) is 0 Å². The third kappa shape index (κ3) is 2.08. The number of quaternary nitrogens is 1. The second kappa shape index (κ2) is 5.15. The molecule has 23 heavy (non-hydrogen) atoms. The Hall–Kier alpha value is -2.23. The predicted octanol–water partition coefficient (Wildman–Crippen LogP) is 1.76. The lowest BCUT2D eigenvalue weighted by molar-refractivity contribution is -0.117. The van der Waals surface area contributed by atoms with Crippen molar-refractivity contribution in [3.05, 3.63) is 27.9 Å². The number of anilines is 1. The van der Waals surface area contributed by atoms with E-state index in [4.69, 9.17) is 21.8 Å². The first-order valence-electron chi connectivity index (χ1n) is 6.47. The van der Waals surface area contributed by atoms with Crippen molar-refractivity contribution in [2.75, 3.05) is 19.0 Å². The molecule has 0 saturated heterocycles. The molecule has 2 aromatic rings. The van der Waals surface area contributed by atoms with Crippen LogP contribution in [0.25, 0.3) is 0 Å². The number of hydrogen-bond donors (Lipinski definition) is 1. The van der Waals surface area contributed by atoms with Crippen LogP contribution in [0.5, 0.6) is 0 Å². The van der Waals surface area contributed by atoms with Crippen LogP contribution >= 0.6 is 22.9 Å². The van der Waals surface area contributed by atoms with Gasteiger partial charge in [0.2, 0.25) is 17.0 Å². The molecule has 0 aromatic carbocycles. The van der Waals surface area contributed by atoms with Gasteiger partial charge in [-0.05, 0) is 11.6 Å². The molecule has 1 unspecified atom stereocenters. The molecule has 8 nitrogen and oxygen atoms in total. The third-order valence-corrected chi connectivity index (χ3v) is 4.93. The van der Waals surface area contributed by atoms with Crippen molar-refractivity contribution in [2.24, 2.45) is 5.73 Å². The summed E-state index contributed by atoms with van der Waals surface area (Å²) in [6.07, 6.45) is 1.25. The van der Waals surface area contributed by atoms with Gasteiger partial charge in [-0.3, -0.25) is 4.79 Å². The van der Waals surface area contributed by atoms with Crippen molar-refractivity contribution in [2.45, 2.75) is 6.42 Å². The molecule has 0 spiro atoms. The zero-order valence-electron chi connectivity index (χ0n) is 12.2. The van der Waals surface area contributed by atoms with Crippen LogP contribution in [0.1, 0.15) is 15.9 Å². The van der Waals surface area contributed by atoms with Crippen LogP contribution in [0.2, 0.25) is 5.22 Å². The van der Waals surface area contributed by atoms with Crippen molar-refractivity contribution in [3.63, 3.8) is 0 Å². The first kappa shape index (κ1) is 15.7. The summed E-state index contributed by atoms with van der Waals surface area (Å²) >= 11 is 7.17. The Morgan fingerprint density at radius 1 is 1.52 bits per heavy atom. The molecule has 2 aromatic heterocycles. The van der Waals surface area contributed by atoms with E-state index in [1.54, 1.807) is 5.38 Å². The average molecular weight is 356 g/mol. The molecule has 10 heteroatoms. The second-order valence-corrected chi connectivity index (χ2v) is 6.36. The molecule has 3 rings (SSSR count). The van der Waals surface area contributed by atoms with E-state index in [0.717, 1.165) is 0 Å². The lowest BCUT2D eigenvalue weighted by Gasteiger charge is -2.32. The fraction of sp³-hybridized carbons (Fsp3) is 0.231. The van der Waals surface area contributed by atoms with Crippen LogP contribution in [0.3, 0.4) is 0 Å². The van der Waals surface area contributed by atoms with Gasteiger partial charge in [0.15, 0.2) is 0 Å². The highest BCUT2D eigenvalue weighted by Crippen LogP contribution is 2.42. The summed E-state index contributed by atoms with van der Waals surface area (Å²) in [5.41, 5.74) is 5.47. The number of rotatable bonds is 3. The average Bonchev–Trinajstić information content (AvgIpc) is 3.12. The highest BCUT2D eigenvalue weighted by Gasteiger charge is 2.56. The van der Waals surface area contributed by atoms with Crippen LogP contribution in [0, 0.1) is 0 Å². The minimum atomic E-state index is -0.692. The number of aromatic nitrogens is 1. The molecule has 0 radical (unpaired) electrons. The number of carbonyl (C=O) groups excluding carboxylic acids is 3. The van der Waals surface area contributed by atoms with E-state index in [9.17, 15) is 14.4 Å². The summed E-state index contributed by atoms with van der Waals surface area (Å²) < 4.78 is 4.62. The van der Waals surface area contributed by atoms with Gasteiger partial charge in [-0.25, -0.2) is 14.5 Å². The summed E-state index contributed by atoms with van der Waals surface area (Å²) in [6, 6.07) is -0.534. The van der Waals surface area contributed by atoms with Crippen LogP contribution in [0.4, 0.5) is 15.8 Å². The van der Waals surface area contributed by atoms with Crippen molar-refractivity contribution < 1.29 is 18.8 Å². The Bertz CT molecular complexity index is 831. The molecule has 1 aliphatic heterocycles. The minimum Gasteiger partial charge on any atom is -0.427 e. The number of carbonyl (C=O) groups is 3. The Morgan fingerprint density at radius 2 is 2.22 bits per heavy atom. The molecule has 0 saturated carbocycles. The van der Waals surface area contributed by atoms with Gasteiger partial charge in [0.05, 0.1) is 13.5 Å². The first-order valence-corrected chi connectivity index (χ1v) is 7.73. The lowest BCUT2D eigenvalue weighted by atomic mass is 10.1. The van der Waals surface area contributed by atoms with Gasteiger partial charge in [0.1, 0.15) is 5.56 Å². The Kier molecular flexibility index (Phi) is 3.51. The molecular formula is C13H12ClN4O4S+. The summed E-state index contributed by atoms with van der Waals surface area (Å²) in [5, 5.41) is 1.84. The molecule has 1 atom stereocenters. The Labute approximate surface area is 139 Å². The van der Waals surface area contributed by atoms with E-state index in [1.807, 2.05) is 0 Å². The largest absolute Gasteiger partial charge is 0.440 e. The van der Waals surface area contributed by atoms with Gasteiger partial charge in [-0.1, -0.05) is 11.3 Å². The highest BCUT2D eigenvalue weighted by atomic mass is 35.5. The van der Waals surface area contributed by atoms with E-state index in [-0.39, 0.29) is 28.7 Å². The standard InChI is InChI=1S/C13H11ClN4O4S/c1-17-10-8(6(5-7(15)19)9(14)22-10)11(20)18(2,13(17)21)12-16-3-4-23-12/h3-4H,5H2,1-2H3,(H-,15,19)/p+1. The fourth-order valence-electron chi connectivity index (χ4n) is 2.52. The van der Waals surface area contributed by atoms with Gasteiger partial charge < -0.3 is 10.2 Å². The predicted molar refractivity (Wildman–Crippen MR) is 84.6 cm³/mol. The van der Waals surface area contributed by atoms with Crippen LogP contribution < -0.4 is 15.1 Å². The maximum absolute atomic E-state index is 13.0. The number of amides is 4. The quantitative estimate of drug-likeness (QED) is 0.844. The molecular weight excluding hydrogens is 344 g/mol. The first-order chi connectivity index (χ1) is 10.8. The lowest BCUT2D eigenvalue weighted by Crippen LogP contribution is -2.63. The number of urea groups is 1. The number of hydrogen-bond acceptors (Lipinski definition) is 6. The number of thiazole rings is 1. The van der Waals surface area contributed by atoms with Gasteiger partial charge in [-0.15, -0.1) is 4.48 Å². The Morgan fingerprint density at radius 3 is 2.78 bits per heavy atom. The second-order valence-electron chi connectivity index (χ2n) is 5.15. The maximum atomic E-state index is 13.0. The van der Waals surface area contributed by atoms with Gasteiger partial charge in [0.25, 0.3) is 0 Å². The van der Waals surface area contributed by atoms with Gasteiger partial charge >= 0.3 is 17.1 Å². The van der Waals surface area contributed by atoms with Gasteiger partial charge in [-0.2, -0.15) is 4.98 Å². The number of halogens is 1. The summed E-state index contributed by atoms with van der Waals surface area (Å²) in [5.74, 6) is -1.22. The van der Waals surface area contributed by atoms with E-state index < -0.39 is 22.3 Å². The van der Waals surface area contributed by atoms with Crippen molar-refractivity contribution in [1.82, 2.24) is 9.47 Å². The molecule has 1 aliphatic rings. The number of primary amides is 1. The molecule has 0 bridgehead atoms. The van der Waals surface area contributed by atoms with Crippen LogP contribution in [-0.4, -0.2) is 36.9 Å². The van der Waals surface area contributed by atoms with Crippen molar-refractivity contribution in [3.8, 4) is 0 Å². The maximum Gasteiger partial charge on any atom is 0.440 e. The number of furan rings is 1. The number of nitrogens with two attached hydrogens (primary N) is 1. The SMILES string of the molecule is CN1C(=O)[N+](C)(c2nccs2)C(=O)c2c1oc(Cl)c2CC(N)=O. The number of imide groups is 1. The molecule has 2 N–H and O–H groups in total. The summed E-state index contributed by atoms with van der Waals surface area (Å²) in [4.78, 5) is 42.3. The number of fused-ring (bicyclic) bond motifs is 1. The highest BCUT2D eigenvalue weighted by molar-refractivity contribution is 7.13. The van der Waals surface area contributed by atoms with E-state index >= 15 is 0 Å². The molecule has 4 amide bonds.